The summed E-state index contributed by atoms with van der Waals surface area (Å²) in [7, 11) is 3.07. The third-order valence-electron chi connectivity index (χ3n) is 2.63. The number of benzene rings is 1. The van der Waals surface area contributed by atoms with Crippen LogP contribution in [0.25, 0.3) is 11.0 Å². The van der Waals surface area contributed by atoms with Gasteiger partial charge in [0, 0.05) is 14.1 Å². The average molecular weight is 268 g/mol. The topological polar surface area (TPSA) is 84.2 Å². The molecule has 7 heteroatoms. The zero-order valence-electron chi connectivity index (χ0n) is 9.69. The molecule has 2 rings (SSSR count). The molecule has 0 aliphatic rings. The number of nitrogens with zero attached hydrogens (tertiary/aromatic N) is 2. The van der Waals surface area contributed by atoms with E-state index in [0.29, 0.717) is 11.0 Å². The summed E-state index contributed by atoms with van der Waals surface area (Å²) in [5.74, 6) is -1.58. The average Bonchev–Trinajstić information content (AvgIpc) is 2.65. The number of hydrogen-bond donors (Lipinski definition) is 2. The monoisotopic (exact) mass is 267 g/mol. The van der Waals surface area contributed by atoms with E-state index in [1.807, 2.05) is 0 Å². The summed E-state index contributed by atoms with van der Waals surface area (Å²) in [6, 6.07) is 3.00. The SMILES string of the molecule is CNC(=O)c1cc2nc(C(=O)O)n(C)c2cc1Cl. The molecule has 0 aliphatic carbocycles. The summed E-state index contributed by atoms with van der Waals surface area (Å²) in [4.78, 5) is 26.5. The first-order chi connectivity index (χ1) is 8.45. The number of halogens is 1. The van der Waals surface area contributed by atoms with Crippen molar-refractivity contribution < 1.29 is 14.7 Å². The molecule has 0 saturated heterocycles. The van der Waals surface area contributed by atoms with E-state index in [0.717, 1.165) is 0 Å². The molecule has 0 saturated carbocycles. The van der Waals surface area contributed by atoms with Gasteiger partial charge in [-0.2, -0.15) is 0 Å². The fraction of sp³-hybridized carbons (Fsp3) is 0.182. The predicted molar refractivity (Wildman–Crippen MR) is 66.1 cm³/mol. The minimum atomic E-state index is -1.13. The quantitative estimate of drug-likeness (QED) is 0.859. The second kappa shape index (κ2) is 4.30. The molecular formula is C11H10ClN3O3. The molecule has 0 spiro atoms. The molecule has 0 atom stereocenters. The number of amides is 1. The summed E-state index contributed by atoms with van der Waals surface area (Å²) >= 11 is 5.99. The molecule has 18 heavy (non-hydrogen) atoms. The van der Waals surface area contributed by atoms with Crippen LogP contribution < -0.4 is 5.32 Å². The van der Waals surface area contributed by atoms with Gasteiger partial charge in [-0.3, -0.25) is 4.79 Å². The Balaban J connectivity index is 2.73. The minimum Gasteiger partial charge on any atom is -0.475 e. The van der Waals surface area contributed by atoms with Crippen LogP contribution in [-0.4, -0.2) is 33.6 Å². The Bertz CT molecular complexity index is 663. The highest BCUT2D eigenvalue weighted by molar-refractivity contribution is 6.34. The number of carbonyl (C=O) groups is 2. The molecule has 0 aliphatic heterocycles. The lowest BCUT2D eigenvalue weighted by Crippen LogP contribution is -2.18. The highest BCUT2D eigenvalue weighted by Gasteiger charge is 2.17. The van der Waals surface area contributed by atoms with Gasteiger partial charge in [0.15, 0.2) is 0 Å². The smallest absolute Gasteiger partial charge is 0.372 e. The normalized spacial score (nSPS) is 10.6. The molecule has 1 amide bonds. The number of rotatable bonds is 2. The molecule has 6 nitrogen and oxygen atoms in total. The Labute approximate surface area is 107 Å². The standard InChI is InChI=1S/C11H10ClN3O3/c1-13-10(16)5-3-7-8(4-6(5)12)15(2)9(14-7)11(17)18/h3-4H,1-2H3,(H,13,16)(H,17,18). The van der Waals surface area contributed by atoms with E-state index in [-0.39, 0.29) is 22.3 Å². The van der Waals surface area contributed by atoms with Gasteiger partial charge < -0.3 is 15.0 Å². The second-order valence-corrected chi connectivity index (χ2v) is 4.11. The van der Waals surface area contributed by atoms with Crippen LogP contribution in [0.5, 0.6) is 0 Å². The number of aromatic carboxylic acids is 1. The number of carboxylic acid groups (broad SMARTS) is 1. The number of carbonyl (C=O) groups excluding carboxylic acids is 1. The summed E-state index contributed by atoms with van der Waals surface area (Å²) in [6.45, 7) is 0. The number of aryl methyl sites for hydroxylation is 1. The molecule has 2 aromatic rings. The maximum absolute atomic E-state index is 11.6. The predicted octanol–water partition coefficient (Wildman–Crippen LogP) is 1.28. The molecular weight excluding hydrogens is 258 g/mol. The first kappa shape index (κ1) is 12.4. The number of nitrogens with one attached hydrogen (secondary N) is 1. The fourth-order valence-corrected chi connectivity index (χ4v) is 1.96. The van der Waals surface area contributed by atoms with Gasteiger partial charge in [0.1, 0.15) is 0 Å². The largest absolute Gasteiger partial charge is 0.475 e. The maximum atomic E-state index is 11.6. The lowest BCUT2D eigenvalue weighted by Gasteiger charge is -2.03. The van der Waals surface area contributed by atoms with Crippen molar-refractivity contribution in [2.75, 3.05) is 7.05 Å². The van der Waals surface area contributed by atoms with Gasteiger partial charge in [-0.1, -0.05) is 11.6 Å². The van der Waals surface area contributed by atoms with Crippen LogP contribution in [0, 0.1) is 0 Å². The molecule has 0 radical (unpaired) electrons. The number of aromatic nitrogens is 2. The van der Waals surface area contributed by atoms with E-state index >= 15 is 0 Å². The van der Waals surface area contributed by atoms with Gasteiger partial charge >= 0.3 is 5.97 Å². The van der Waals surface area contributed by atoms with Gasteiger partial charge in [-0.15, -0.1) is 0 Å². The number of imidazole rings is 1. The van der Waals surface area contributed by atoms with Crippen molar-refractivity contribution in [3.8, 4) is 0 Å². The lowest BCUT2D eigenvalue weighted by atomic mass is 10.2. The fourth-order valence-electron chi connectivity index (χ4n) is 1.71. The van der Waals surface area contributed by atoms with E-state index in [4.69, 9.17) is 16.7 Å². The van der Waals surface area contributed by atoms with Crippen LogP contribution in [-0.2, 0) is 7.05 Å². The third kappa shape index (κ3) is 1.80. The second-order valence-electron chi connectivity index (χ2n) is 3.70. The van der Waals surface area contributed by atoms with Crippen molar-refractivity contribution in [2.45, 2.75) is 0 Å². The number of fused-ring (bicyclic) bond motifs is 1. The number of carboxylic acids is 1. The van der Waals surface area contributed by atoms with Crippen molar-refractivity contribution in [1.29, 1.82) is 0 Å². The zero-order valence-corrected chi connectivity index (χ0v) is 10.4. The van der Waals surface area contributed by atoms with Gasteiger partial charge in [-0.05, 0) is 12.1 Å². The van der Waals surface area contributed by atoms with Crippen LogP contribution in [0.2, 0.25) is 5.02 Å². The van der Waals surface area contributed by atoms with E-state index in [1.54, 1.807) is 7.05 Å². The Morgan fingerprint density at radius 2 is 2.11 bits per heavy atom. The van der Waals surface area contributed by atoms with Crippen LogP contribution in [0.4, 0.5) is 0 Å². The molecule has 2 N–H and O–H groups in total. The highest BCUT2D eigenvalue weighted by Crippen LogP contribution is 2.24. The third-order valence-corrected chi connectivity index (χ3v) is 2.95. The van der Waals surface area contributed by atoms with E-state index in [1.165, 1.54) is 23.7 Å². The minimum absolute atomic E-state index is 0.102. The van der Waals surface area contributed by atoms with Crippen LogP contribution >= 0.6 is 11.6 Å². The Morgan fingerprint density at radius 3 is 2.67 bits per heavy atom. The van der Waals surface area contributed by atoms with Gasteiger partial charge in [0.2, 0.25) is 5.82 Å². The number of hydrogen-bond acceptors (Lipinski definition) is 3. The van der Waals surface area contributed by atoms with Crippen LogP contribution in [0.15, 0.2) is 12.1 Å². The first-order valence-corrected chi connectivity index (χ1v) is 5.45. The summed E-state index contributed by atoms with van der Waals surface area (Å²) in [6.07, 6.45) is 0. The Hall–Kier alpha value is -2.08. The van der Waals surface area contributed by atoms with E-state index in [2.05, 4.69) is 10.3 Å². The van der Waals surface area contributed by atoms with Crippen LogP contribution in [0.1, 0.15) is 21.0 Å². The molecule has 94 valence electrons. The molecule has 1 aromatic heterocycles. The van der Waals surface area contributed by atoms with Crippen LogP contribution in [0.3, 0.4) is 0 Å². The Kier molecular flexibility index (Phi) is 2.96. The molecule has 0 fully saturated rings. The lowest BCUT2D eigenvalue weighted by molar-refractivity contribution is 0.0680. The van der Waals surface area contributed by atoms with Crippen molar-refractivity contribution >= 4 is 34.5 Å². The van der Waals surface area contributed by atoms with Crippen molar-refractivity contribution in [3.05, 3.63) is 28.5 Å². The van der Waals surface area contributed by atoms with Gasteiger partial charge in [-0.25, -0.2) is 9.78 Å². The van der Waals surface area contributed by atoms with Gasteiger partial charge in [0.05, 0.1) is 21.6 Å². The van der Waals surface area contributed by atoms with Crippen molar-refractivity contribution in [1.82, 2.24) is 14.9 Å². The van der Waals surface area contributed by atoms with Crippen molar-refractivity contribution in [2.24, 2.45) is 7.05 Å². The summed E-state index contributed by atoms with van der Waals surface area (Å²) < 4.78 is 1.41. The molecule has 1 aromatic carbocycles. The van der Waals surface area contributed by atoms with E-state index in [9.17, 15) is 9.59 Å². The molecule has 1 heterocycles. The molecule has 0 unspecified atom stereocenters. The summed E-state index contributed by atoms with van der Waals surface area (Å²) in [5.41, 5.74) is 1.24. The first-order valence-electron chi connectivity index (χ1n) is 5.07. The zero-order chi connectivity index (χ0) is 13.4. The van der Waals surface area contributed by atoms with Crippen molar-refractivity contribution in [3.63, 3.8) is 0 Å². The van der Waals surface area contributed by atoms with Gasteiger partial charge in [0.25, 0.3) is 5.91 Å². The maximum Gasteiger partial charge on any atom is 0.372 e. The Morgan fingerprint density at radius 1 is 1.44 bits per heavy atom. The van der Waals surface area contributed by atoms with E-state index < -0.39 is 5.97 Å². The molecule has 0 bridgehead atoms. The highest BCUT2D eigenvalue weighted by atomic mass is 35.5. The summed E-state index contributed by atoms with van der Waals surface area (Å²) in [5, 5.41) is 11.7.